The van der Waals surface area contributed by atoms with Gasteiger partial charge in [0, 0.05) is 9.52 Å². The first-order valence-corrected chi connectivity index (χ1v) is 25.2. The topological polar surface area (TPSA) is 0 Å². The molecule has 6 rings (SSSR count). The van der Waals surface area contributed by atoms with Gasteiger partial charge in [0.25, 0.3) is 0 Å². The summed E-state index contributed by atoms with van der Waals surface area (Å²) < 4.78 is 0. The molecule has 0 spiro atoms. The molecule has 0 nitrogen and oxygen atoms in total. The molecule has 6 aromatic carbocycles. The molecule has 0 amide bonds. The number of rotatable bonds is 4. The van der Waals surface area contributed by atoms with Crippen molar-refractivity contribution in [2.24, 2.45) is 0 Å². The third-order valence-corrected chi connectivity index (χ3v) is 8.64. The van der Waals surface area contributed by atoms with E-state index in [1.54, 1.807) is 0 Å². The molecular formula is C44H52Cl2SiZr. The van der Waals surface area contributed by atoms with Gasteiger partial charge in [0.15, 0.2) is 0 Å². The molecule has 0 aliphatic carbocycles. The van der Waals surface area contributed by atoms with Gasteiger partial charge in [-0.25, -0.2) is 0 Å². The molecule has 0 heterocycles. The van der Waals surface area contributed by atoms with Gasteiger partial charge in [-0.15, -0.1) is 68.6 Å². The summed E-state index contributed by atoms with van der Waals surface area (Å²) in [4.78, 5) is 0. The van der Waals surface area contributed by atoms with Crippen LogP contribution in [0.2, 0.25) is 13.1 Å². The summed E-state index contributed by atoms with van der Waals surface area (Å²) in [5.41, 5.74) is 12.4. The van der Waals surface area contributed by atoms with Crippen molar-refractivity contribution in [3.63, 3.8) is 0 Å². The molecular weight excluding hydrogens is 719 g/mol. The third kappa shape index (κ3) is 10.6. The van der Waals surface area contributed by atoms with Gasteiger partial charge in [-0.2, -0.15) is 12.1 Å². The van der Waals surface area contributed by atoms with Crippen molar-refractivity contribution < 1.29 is 20.8 Å². The van der Waals surface area contributed by atoms with E-state index in [9.17, 15) is 0 Å². The normalized spacial score (nSPS) is 11.0. The van der Waals surface area contributed by atoms with Crippen LogP contribution in [0.1, 0.15) is 88.1 Å². The first-order valence-electron chi connectivity index (χ1n) is 16.9. The Hall–Kier alpha value is -2.22. The summed E-state index contributed by atoms with van der Waals surface area (Å²) in [6.45, 7) is 24.4. The number of fused-ring (bicyclic) bond motifs is 2. The van der Waals surface area contributed by atoms with Gasteiger partial charge in [0.2, 0.25) is 0 Å². The maximum absolute atomic E-state index is 4.93. The second kappa shape index (κ2) is 18.7. The van der Waals surface area contributed by atoms with Crippen LogP contribution in [0.25, 0.3) is 43.8 Å². The molecule has 0 saturated heterocycles. The Balaban J connectivity index is 0.000000225. The number of hydrogen-bond acceptors (Lipinski definition) is 0. The van der Waals surface area contributed by atoms with Crippen LogP contribution >= 0.6 is 17.0 Å². The quantitative estimate of drug-likeness (QED) is 0.124. The molecule has 0 N–H and O–H groups in total. The number of benzene rings is 4. The Kier molecular flexibility index (Phi) is 15.7. The molecule has 0 unspecified atom stereocenters. The Morgan fingerprint density at radius 2 is 1.21 bits per heavy atom. The van der Waals surface area contributed by atoms with E-state index in [2.05, 4.69) is 179 Å². The summed E-state index contributed by atoms with van der Waals surface area (Å²) in [5.74, 6) is 1.16. The second-order valence-electron chi connectivity index (χ2n) is 14.2. The van der Waals surface area contributed by atoms with Crippen molar-refractivity contribution in [2.75, 3.05) is 0 Å². The van der Waals surface area contributed by atoms with Gasteiger partial charge in [0.05, 0.1) is 0 Å². The molecule has 6 aromatic rings. The van der Waals surface area contributed by atoms with E-state index in [1.807, 2.05) is 0 Å². The fourth-order valence-electron chi connectivity index (χ4n) is 5.88. The van der Waals surface area contributed by atoms with Gasteiger partial charge in [-0.05, 0) is 39.5 Å². The molecule has 0 fully saturated rings. The van der Waals surface area contributed by atoms with E-state index in [0.29, 0.717) is 11.8 Å². The van der Waals surface area contributed by atoms with Gasteiger partial charge < -0.3 is 0 Å². The van der Waals surface area contributed by atoms with Crippen LogP contribution in [0, 0.1) is 13.8 Å². The zero-order chi connectivity index (χ0) is 35.6. The Morgan fingerprint density at radius 3 is 1.73 bits per heavy atom. The van der Waals surface area contributed by atoms with E-state index >= 15 is 0 Å². The average Bonchev–Trinajstić information content (AvgIpc) is 3.67. The number of aryl methyl sites for hydroxylation is 2. The fraction of sp³-hybridized carbons (Fsp3) is 0.318. The Morgan fingerprint density at radius 1 is 0.667 bits per heavy atom. The van der Waals surface area contributed by atoms with E-state index in [0.717, 1.165) is 9.52 Å². The van der Waals surface area contributed by atoms with Crippen molar-refractivity contribution in [1.82, 2.24) is 0 Å². The van der Waals surface area contributed by atoms with Gasteiger partial charge >= 0.3 is 37.9 Å². The van der Waals surface area contributed by atoms with Crippen molar-refractivity contribution in [3.05, 3.63) is 131 Å². The minimum atomic E-state index is -0.826. The van der Waals surface area contributed by atoms with Crippen LogP contribution in [0.15, 0.2) is 103 Å². The molecule has 2 radical (unpaired) electrons. The van der Waals surface area contributed by atoms with Crippen molar-refractivity contribution in [3.8, 4) is 22.3 Å². The van der Waals surface area contributed by atoms with Gasteiger partial charge in [0.1, 0.15) is 0 Å². The predicted octanol–water partition coefficient (Wildman–Crippen LogP) is 14.8. The van der Waals surface area contributed by atoms with Crippen molar-refractivity contribution in [2.45, 2.75) is 92.7 Å². The molecule has 0 aliphatic heterocycles. The molecule has 0 saturated carbocycles. The first-order chi connectivity index (χ1) is 22.7. The van der Waals surface area contributed by atoms with E-state index in [1.165, 1.54) is 71.6 Å². The number of hydrogen-bond donors (Lipinski definition) is 0. The molecule has 0 aromatic heterocycles. The molecule has 0 bridgehead atoms. The maximum atomic E-state index is 4.93. The third-order valence-electron chi connectivity index (χ3n) is 8.64. The van der Waals surface area contributed by atoms with E-state index < -0.39 is 20.8 Å². The van der Waals surface area contributed by atoms with Crippen LogP contribution < -0.4 is 0 Å². The van der Waals surface area contributed by atoms with Crippen molar-refractivity contribution in [1.29, 1.82) is 0 Å². The standard InChI is InChI=1S/C22H25.C20H21.C2H6Si.2ClH.Zr/c1-15(2)18-13-17-7-6-8-20(21(17)14-18)16-9-11-19(12-10-16)22(3,4)5;1-13(2)16-6-8-17(9-7-16)18-10-5-15(4)19-11-14(3)12-20(18)19;1-3-2;;;/h6-15H,1-5H3;5-13H,1-4H3;1-2H3;2*1H;/q2*-1;;;;+4/p-2. The fourth-order valence-corrected chi connectivity index (χ4v) is 5.88. The van der Waals surface area contributed by atoms with Crippen LogP contribution in [0.3, 0.4) is 0 Å². The molecule has 250 valence electrons. The van der Waals surface area contributed by atoms with Gasteiger partial charge in [-0.1, -0.05) is 147 Å². The average molecular weight is 771 g/mol. The Labute approximate surface area is 312 Å². The molecule has 0 atom stereocenters. The summed E-state index contributed by atoms with van der Waals surface area (Å²) in [7, 11) is 11.0. The molecule has 0 aliphatic rings. The molecule has 4 heteroatoms. The van der Waals surface area contributed by atoms with E-state index in [-0.39, 0.29) is 5.41 Å². The van der Waals surface area contributed by atoms with Crippen molar-refractivity contribution >= 4 is 48.1 Å². The van der Waals surface area contributed by atoms with Crippen LogP contribution in [0.5, 0.6) is 0 Å². The van der Waals surface area contributed by atoms with E-state index in [4.69, 9.17) is 17.0 Å². The summed E-state index contributed by atoms with van der Waals surface area (Å²) >= 11 is -0.826. The predicted molar refractivity (Wildman–Crippen MR) is 215 cm³/mol. The molecule has 48 heavy (non-hydrogen) atoms. The van der Waals surface area contributed by atoms with Gasteiger partial charge in [-0.3, -0.25) is 0 Å². The first kappa shape index (κ1) is 40.2. The minimum absolute atomic E-state index is 0.204. The zero-order valence-electron chi connectivity index (χ0n) is 30.7. The van der Waals surface area contributed by atoms with Crippen LogP contribution in [-0.4, -0.2) is 9.52 Å². The summed E-state index contributed by atoms with van der Waals surface area (Å²) in [5, 5.41) is 5.48. The summed E-state index contributed by atoms with van der Waals surface area (Å²) in [6, 6.07) is 38.4. The monoisotopic (exact) mass is 768 g/mol. The number of halogens is 2. The Bertz CT molecular complexity index is 1850. The second-order valence-corrected chi connectivity index (χ2v) is 18.9. The zero-order valence-corrected chi connectivity index (χ0v) is 35.7. The SMILES string of the molecule is CC(C)c1cc2c(-c3ccc(C(C)(C)C)cc3)cccc2[cH-]1.C[Si]C.Cc1cc2c(-c3ccc(C(C)C)cc3)ccc(C)c2[cH-]1.[Cl][Zr+2][Cl]. The van der Waals surface area contributed by atoms with Crippen LogP contribution in [0.4, 0.5) is 0 Å². The summed E-state index contributed by atoms with van der Waals surface area (Å²) in [6.07, 6.45) is 0. The van der Waals surface area contributed by atoms with Crippen LogP contribution in [-0.2, 0) is 26.3 Å².